The largest absolute Gasteiger partial charge is 0.481 e. The Labute approximate surface area is 232 Å². The highest BCUT2D eigenvalue weighted by Gasteiger charge is 2.76. The van der Waals surface area contributed by atoms with Gasteiger partial charge >= 0.3 is 12.1 Å². The molecule has 0 aliphatic heterocycles. The van der Waals surface area contributed by atoms with E-state index in [1.54, 1.807) is 38.2 Å². The van der Waals surface area contributed by atoms with Crippen molar-refractivity contribution in [2.45, 2.75) is 60.0 Å². The Hall–Kier alpha value is -4.28. The maximum absolute atomic E-state index is 13.8. The summed E-state index contributed by atoms with van der Waals surface area (Å²) in [5.41, 5.74) is 7.28. The van der Waals surface area contributed by atoms with Crippen molar-refractivity contribution in [1.29, 1.82) is 0 Å². The van der Waals surface area contributed by atoms with E-state index >= 15 is 0 Å². The predicted molar refractivity (Wildman–Crippen MR) is 148 cm³/mol. The number of alkyl carbamates (subject to hydrolysis) is 1. The minimum absolute atomic E-state index is 0.00732. The number of Topliss-reactive ketones (excluding diaryl/α,β-unsaturated/α-hetero) is 1. The maximum Gasteiger partial charge on any atom is 0.412 e. The van der Waals surface area contributed by atoms with Gasteiger partial charge in [-0.3, -0.25) is 19.7 Å². The summed E-state index contributed by atoms with van der Waals surface area (Å²) < 4.78 is 32.9. The van der Waals surface area contributed by atoms with Crippen molar-refractivity contribution in [1.82, 2.24) is 10.6 Å². The molecular formula is C29H37F2N3O6. The van der Waals surface area contributed by atoms with Crippen molar-refractivity contribution < 1.29 is 37.8 Å². The van der Waals surface area contributed by atoms with Crippen LogP contribution in [0.3, 0.4) is 0 Å². The van der Waals surface area contributed by atoms with Gasteiger partial charge in [0, 0.05) is 11.4 Å². The lowest BCUT2D eigenvalue weighted by Crippen LogP contribution is -2.33. The van der Waals surface area contributed by atoms with Crippen LogP contribution in [0.2, 0.25) is 0 Å². The van der Waals surface area contributed by atoms with Crippen LogP contribution in [-0.2, 0) is 19.1 Å². The molecule has 3 atom stereocenters. The second-order valence-electron chi connectivity index (χ2n) is 9.14. The number of amides is 2. The van der Waals surface area contributed by atoms with Crippen LogP contribution < -0.4 is 16.4 Å². The Morgan fingerprint density at radius 3 is 2.20 bits per heavy atom. The van der Waals surface area contributed by atoms with Gasteiger partial charge in [0.1, 0.15) is 23.6 Å². The van der Waals surface area contributed by atoms with Crippen LogP contribution in [0.4, 0.5) is 13.6 Å². The molecule has 0 saturated heterocycles. The first-order chi connectivity index (χ1) is 18.6. The van der Waals surface area contributed by atoms with E-state index in [1.807, 2.05) is 13.8 Å². The molecule has 0 spiro atoms. The normalized spacial score (nSPS) is 20.8. The summed E-state index contributed by atoms with van der Waals surface area (Å²) in [7, 11) is 0. The third kappa shape index (κ3) is 8.89. The van der Waals surface area contributed by atoms with E-state index < -0.39 is 47.6 Å². The van der Waals surface area contributed by atoms with Crippen molar-refractivity contribution in [2.24, 2.45) is 17.6 Å². The molecule has 1 fully saturated rings. The average Bonchev–Trinajstić information content (AvgIpc) is 3.48. The van der Waals surface area contributed by atoms with Gasteiger partial charge < -0.3 is 20.9 Å². The van der Waals surface area contributed by atoms with Crippen LogP contribution in [0.15, 0.2) is 82.9 Å². The summed E-state index contributed by atoms with van der Waals surface area (Å²) in [5, 5.41) is 13.6. The minimum Gasteiger partial charge on any atom is -0.481 e. The summed E-state index contributed by atoms with van der Waals surface area (Å²) in [6.45, 7) is 13.6. The Balaban J connectivity index is 3.12. The van der Waals surface area contributed by atoms with Crippen LogP contribution in [0.25, 0.3) is 0 Å². The number of aliphatic carboxylic acids is 1. The number of rotatable bonds is 13. The summed E-state index contributed by atoms with van der Waals surface area (Å²) in [4.78, 5) is 49.0. The molecule has 0 bridgehead atoms. The Kier molecular flexibility index (Phi) is 12.5. The van der Waals surface area contributed by atoms with Crippen molar-refractivity contribution in [2.75, 3.05) is 0 Å². The number of allylic oxidation sites excluding steroid dienone is 9. The molecule has 5 N–H and O–H groups in total. The van der Waals surface area contributed by atoms with Gasteiger partial charge in [-0.15, -0.1) is 0 Å². The van der Waals surface area contributed by atoms with Gasteiger partial charge in [0.05, 0.1) is 0 Å². The van der Waals surface area contributed by atoms with Gasteiger partial charge in [0.2, 0.25) is 11.7 Å². The number of hydrogen-bond acceptors (Lipinski definition) is 6. The van der Waals surface area contributed by atoms with Gasteiger partial charge in [-0.1, -0.05) is 43.9 Å². The van der Waals surface area contributed by atoms with E-state index in [-0.39, 0.29) is 22.7 Å². The van der Waals surface area contributed by atoms with Crippen LogP contribution in [-0.4, -0.2) is 40.9 Å². The quantitative estimate of drug-likeness (QED) is 0.186. The topological polar surface area (TPSA) is 148 Å². The molecule has 9 nitrogen and oxygen atoms in total. The van der Waals surface area contributed by atoms with E-state index in [4.69, 9.17) is 15.6 Å². The summed E-state index contributed by atoms with van der Waals surface area (Å²) >= 11 is 0. The highest BCUT2D eigenvalue weighted by molar-refractivity contribution is 6.09. The third-order valence-corrected chi connectivity index (χ3v) is 5.95. The number of ether oxygens (including phenoxy) is 1. The number of nitrogens with one attached hydrogen (secondary N) is 2. The number of halogens is 2. The van der Waals surface area contributed by atoms with Gasteiger partial charge in [-0.05, 0) is 69.9 Å². The van der Waals surface area contributed by atoms with E-state index in [9.17, 15) is 28.0 Å². The van der Waals surface area contributed by atoms with Crippen molar-refractivity contribution in [3.05, 3.63) is 82.9 Å². The fourth-order valence-electron chi connectivity index (χ4n) is 3.63. The van der Waals surface area contributed by atoms with Gasteiger partial charge in [-0.2, -0.15) is 0 Å². The molecule has 40 heavy (non-hydrogen) atoms. The van der Waals surface area contributed by atoms with Crippen LogP contribution >= 0.6 is 0 Å². The number of alkyl halides is 2. The number of carboxylic acid groups (broad SMARTS) is 1. The molecule has 1 rings (SSSR count). The average molecular weight is 562 g/mol. The van der Waals surface area contributed by atoms with Crippen molar-refractivity contribution in [3.8, 4) is 0 Å². The van der Waals surface area contributed by atoms with Gasteiger partial charge in [0.25, 0.3) is 5.92 Å². The molecule has 0 heterocycles. The zero-order chi connectivity index (χ0) is 30.8. The van der Waals surface area contributed by atoms with Gasteiger partial charge in [0.15, 0.2) is 0 Å². The number of carbonyl (C=O) groups excluding carboxylic acids is 3. The molecule has 0 aromatic carbocycles. The fraction of sp³-hybridized carbons (Fsp3) is 0.379. The maximum atomic E-state index is 13.8. The van der Waals surface area contributed by atoms with Crippen LogP contribution in [0, 0.1) is 11.8 Å². The number of carbonyl (C=O) groups is 4. The second kappa shape index (κ2) is 14.8. The third-order valence-electron chi connectivity index (χ3n) is 5.95. The van der Waals surface area contributed by atoms with E-state index in [1.165, 1.54) is 32.1 Å². The Bertz CT molecular complexity index is 1220. The molecule has 0 aromatic heterocycles. The number of nitrogens with two attached hydrogens (primary N) is 1. The second-order valence-corrected chi connectivity index (χ2v) is 9.14. The lowest BCUT2D eigenvalue weighted by atomic mass is 10.0. The van der Waals surface area contributed by atoms with Crippen LogP contribution in [0.1, 0.15) is 48.0 Å². The summed E-state index contributed by atoms with van der Waals surface area (Å²) in [6.07, 6.45) is 9.82. The Morgan fingerprint density at radius 1 is 1.10 bits per heavy atom. The fourth-order valence-corrected chi connectivity index (χ4v) is 3.63. The summed E-state index contributed by atoms with van der Waals surface area (Å²) in [5.74, 6) is -11.3. The molecule has 1 aliphatic carbocycles. The van der Waals surface area contributed by atoms with Crippen LogP contribution in [0.5, 0.6) is 0 Å². The summed E-state index contributed by atoms with van der Waals surface area (Å²) in [6, 6.07) is 0. The first kappa shape index (κ1) is 33.7. The number of carboxylic acids is 1. The molecule has 1 aliphatic rings. The molecule has 11 heteroatoms. The molecule has 3 unspecified atom stereocenters. The van der Waals surface area contributed by atoms with E-state index in [0.717, 1.165) is 5.57 Å². The zero-order valence-electron chi connectivity index (χ0n) is 23.5. The van der Waals surface area contributed by atoms with E-state index in [2.05, 4.69) is 17.2 Å². The SMILES string of the molecule is C=C/C(C)=C(\C=C/C)C(C)OC(=O)N/C(C(=O)/C(C)=C/C=C(\C=C\CC)NC(=O)C1C(C(=O)O)C1(F)F)=C(\C)N. The molecule has 1 saturated carbocycles. The Morgan fingerprint density at radius 2 is 1.73 bits per heavy atom. The predicted octanol–water partition coefficient (Wildman–Crippen LogP) is 4.82. The standard InChI is InChI=1S/C29H37F2N3O6/c1-8-11-13-20(33-26(36)22-23(27(37)38)29(22,30)31)15-14-17(5)25(35)24(18(6)32)34-28(39)40-19(7)21(12-9-2)16(4)10-3/h9-15,19,22-23H,3,8,32H2,1-2,4-7H3,(H,33,36)(H,34,39)(H,37,38)/b12-9-,13-11+,17-14+,20-15+,21-16+,24-18+. The van der Waals surface area contributed by atoms with E-state index in [0.29, 0.717) is 12.0 Å². The van der Waals surface area contributed by atoms with Gasteiger partial charge in [-0.25, -0.2) is 13.6 Å². The minimum atomic E-state index is -3.65. The monoisotopic (exact) mass is 561 g/mol. The lowest BCUT2D eigenvalue weighted by molar-refractivity contribution is -0.141. The first-order valence-electron chi connectivity index (χ1n) is 12.5. The number of hydrogen-bond donors (Lipinski definition) is 4. The number of ketones is 1. The molecule has 0 radical (unpaired) electrons. The molecule has 0 aromatic rings. The van der Waals surface area contributed by atoms with Crippen molar-refractivity contribution in [3.63, 3.8) is 0 Å². The highest BCUT2D eigenvalue weighted by atomic mass is 19.3. The lowest BCUT2D eigenvalue weighted by Gasteiger charge is -2.18. The highest BCUT2D eigenvalue weighted by Crippen LogP contribution is 2.55. The smallest absolute Gasteiger partial charge is 0.412 e. The van der Waals surface area contributed by atoms with Crippen molar-refractivity contribution >= 4 is 23.8 Å². The zero-order valence-corrected chi connectivity index (χ0v) is 23.5. The molecule has 2 amide bonds. The molecule has 218 valence electrons. The molecular weight excluding hydrogens is 524 g/mol. The first-order valence-corrected chi connectivity index (χ1v) is 12.5.